The number of hydrogen-bond donors (Lipinski definition) is 0. The summed E-state index contributed by atoms with van der Waals surface area (Å²) in [6.45, 7) is 0. The second kappa shape index (κ2) is 4.60. The van der Waals surface area contributed by atoms with Crippen molar-refractivity contribution in [3.8, 4) is 0 Å². The molecule has 1 nitrogen and oxygen atoms in total. The molecule has 3 heteroatoms. The quantitative estimate of drug-likeness (QED) is 0.662. The number of aryl methyl sites for hydroxylation is 2. The van der Waals surface area contributed by atoms with Crippen molar-refractivity contribution in [1.82, 2.24) is 0 Å². The van der Waals surface area contributed by atoms with Crippen LogP contribution in [0.2, 0.25) is 5.02 Å². The summed E-state index contributed by atoms with van der Waals surface area (Å²) in [5, 5.41) is 0.814. The van der Waals surface area contributed by atoms with Crippen molar-refractivity contribution < 1.29 is 0 Å². The van der Waals surface area contributed by atoms with Gasteiger partial charge in [0.15, 0.2) is 0 Å². The zero-order chi connectivity index (χ0) is 12.7. The molecule has 92 valence electrons. The van der Waals surface area contributed by atoms with Crippen LogP contribution in [0.5, 0.6) is 0 Å². The second-order valence-corrected chi connectivity index (χ2v) is 5.96. The van der Waals surface area contributed by atoms with E-state index < -0.39 is 0 Å². The van der Waals surface area contributed by atoms with Gasteiger partial charge in [0.05, 0.1) is 0 Å². The third kappa shape index (κ3) is 2.04. The van der Waals surface area contributed by atoms with Crippen molar-refractivity contribution in [2.45, 2.75) is 12.8 Å². The average molecular weight is 323 g/mol. The van der Waals surface area contributed by atoms with Gasteiger partial charge in [-0.05, 0) is 60.4 Å². The molecule has 0 radical (unpaired) electrons. The van der Waals surface area contributed by atoms with Crippen LogP contribution in [0.1, 0.15) is 11.1 Å². The van der Waals surface area contributed by atoms with E-state index in [0.717, 1.165) is 22.3 Å². The zero-order valence-corrected chi connectivity index (χ0v) is 12.4. The molecule has 1 aliphatic rings. The highest BCUT2D eigenvalue weighted by Gasteiger charge is 2.17. The number of hydrogen-bond acceptors (Lipinski definition) is 1. The minimum atomic E-state index is 0.814. The van der Waals surface area contributed by atoms with E-state index in [-0.39, 0.29) is 0 Å². The first-order chi connectivity index (χ1) is 8.65. The summed E-state index contributed by atoms with van der Waals surface area (Å²) in [7, 11) is 2.12. The van der Waals surface area contributed by atoms with Gasteiger partial charge in [0.25, 0.3) is 0 Å². The molecule has 2 aromatic carbocycles. The lowest BCUT2D eigenvalue weighted by atomic mass is 10.0. The fourth-order valence-electron chi connectivity index (χ4n) is 2.56. The monoisotopic (exact) mass is 321 g/mol. The van der Waals surface area contributed by atoms with E-state index in [9.17, 15) is 0 Å². The molecule has 0 aliphatic carbocycles. The van der Waals surface area contributed by atoms with Gasteiger partial charge in [0.2, 0.25) is 0 Å². The molecule has 18 heavy (non-hydrogen) atoms. The first kappa shape index (κ1) is 12.1. The number of halogens is 2. The molecule has 0 spiro atoms. The first-order valence-corrected chi connectivity index (χ1v) is 7.13. The van der Waals surface area contributed by atoms with Crippen molar-refractivity contribution in [1.29, 1.82) is 0 Å². The minimum Gasteiger partial charge on any atom is -0.344 e. The van der Waals surface area contributed by atoms with E-state index in [1.807, 2.05) is 6.07 Å². The Kier molecular flexibility index (Phi) is 3.08. The largest absolute Gasteiger partial charge is 0.344 e. The minimum absolute atomic E-state index is 0.814. The van der Waals surface area contributed by atoms with E-state index in [1.54, 1.807) is 0 Å². The molecule has 0 unspecified atom stereocenters. The fraction of sp³-hybridized carbons (Fsp3) is 0.200. The molecule has 0 saturated heterocycles. The standard InChI is InChI=1S/C15H13BrClN/c1-18-14-6-4-12(16)8-10(14)2-3-11-9-13(17)5-7-15(11)18/h4-9H,2-3H2,1H3. The lowest BCUT2D eigenvalue weighted by Crippen LogP contribution is -2.11. The van der Waals surface area contributed by atoms with E-state index in [1.165, 1.54) is 22.5 Å². The van der Waals surface area contributed by atoms with Gasteiger partial charge in [0, 0.05) is 27.9 Å². The van der Waals surface area contributed by atoms with Gasteiger partial charge in [-0.1, -0.05) is 27.5 Å². The molecule has 1 aliphatic heterocycles. The summed E-state index contributed by atoms with van der Waals surface area (Å²) in [6, 6.07) is 12.6. The van der Waals surface area contributed by atoms with Gasteiger partial charge in [-0.3, -0.25) is 0 Å². The van der Waals surface area contributed by atoms with Crippen LogP contribution in [0.15, 0.2) is 40.9 Å². The van der Waals surface area contributed by atoms with Gasteiger partial charge in [-0.15, -0.1) is 0 Å². The fourth-order valence-corrected chi connectivity index (χ4v) is 3.17. The number of nitrogens with zero attached hydrogens (tertiary/aromatic N) is 1. The molecule has 0 saturated carbocycles. The van der Waals surface area contributed by atoms with Crippen LogP contribution < -0.4 is 4.90 Å². The summed E-state index contributed by atoms with van der Waals surface area (Å²) in [5.74, 6) is 0. The molecule has 0 amide bonds. The topological polar surface area (TPSA) is 3.24 Å². The van der Waals surface area contributed by atoms with E-state index in [2.05, 4.69) is 58.2 Å². The molecule has 0 bridgehead atoms. The Morgan fingerprint density at radius 1 is 1.00 bits per heavy atom. The number of rotatable bonds is 0. The Balaban J connectivity index is 2.15. The zero-order valence-electron chi connectivity index (χ0n) is 10.1. The summed E-state index contributed by atoms with van der Waals surface area (Å²) in [4.78, 5) is 2.25. The second-order valence-electron chi connectivity index (χ2n) is 4.61. The van der Waals surface area contributed by atoms with Gasteiger partial charge in [-0.25, -0.2) is 0 Å². The predicted octanol–water partition coefficient (Wildman–Crippen LogP) is 4.97. The van der Waals surface area contributed by atoms with Crippen LogP contribution in [-0.2, 0) is 12.8 Å². The number of fused-ring (bicyclic) bond motifs is 2. The average Bonchev–Trinajstić information content (AvgIpc) is 2.47. The summed E-state index contributed by atoms with van der Waals surface area (Å²) in [6.07, 6.45) is 2.08. The normalized spacial score (nSPS) is 13.8. The maximum absolute atomic E-state index is 6.09. The Bertz CT molecular complexity index is 556. The lowest BCUT2D eigenvalue weighted by molar-refractivity contribution is 0.976. The number of benzene rings is 2. The Morgan fingerprint density at radius 3 is 2.33 bits per heavy atom. The van der Waals surface area contributed by atoms with Crippen molar-refractivity contribution >= 4 is 38.9 Å². The van der Waals surface area contributed by atoms with E-state index >= 15 is 0 Å². The maximum Gasteiger partial charge on any atom is 0.0441 e. The smallest absolute Gasteiger partial charge is 0.0441 e. The van der Waals surface area contributed by atoms with Gasteiger partial charge in [0.1, 0.15) is 0 Å². The molecule has 0 aromatic heterocycles. The number of anilines is 2. The highest BCUT2D eigenvalue weighted by molar-refractivity contribution is 9.10. The van der Waals surface area contributed by atoms with E-state index in [0.29, 0.717) is 0 Å². The van der Waals surface area contributed by atoms with Crippen molar-refractivity contribution in [3.63, 3.8) is 0 Å². The highest BCUT2D eigenvalue weighted by Crippen LogP contribution is 2.36. The molecule has 0 N–H and O–H groups in total. The Morgan fingerprint density at radius 2 is 1.61 bits per heavy atom. The summed E-state index contributed by atoms with van der Waals surface area (Å²) >= 11 is 9.63. The van der Waals surface area contributed by atoms with Crippen LogP contribution in [0.3, 0.4) is 0 Å². The Hall–Kier alpha value is -0.990. The molecule has 1 heterocycles. The third-order valence-electron chi connectivity index (χ3n) is 3.47. The highest BCUT2D eigenvalue weighted by atomic mass is 79.9. The van der Waals surface area contributed by atoms with Gasteiger partial charge in [-0.2, -0.15) is 0 Å². The van der Waals surface area contributed by atoms with Crippen LogP contribution in [0.25, 0.3) is 0 Å². The molecular formula is C15H13BrClN. The molecule has 3 rings (SSSR count). The maximum atomic E-state index is 6.09. The lowest BCUT2D eigenvalue weighted by Gasteiger charge is -2.22. The van der Waals surface area contributed by atoms with Crippen molar-refractivity contribution in [2.24, 2.45) is 0 Å². The summed E-state index contributed by atoms with van der Waals surface area (Å²) < 4.78 is 1.14. The molecule has 2 aromatic rings. The SMILES string of the molecule is CN1c2ccc(Cl)cc2CCc2cc(Br)ccc21. The Labute approximate surface area is 121 Å². The molecule has 0 fully saturated rings. The van der Waals surface area contributed by atoms with Crippen molar-refractivity contribution in [2.75, 3.05) is 11.9 Å². The predicted molar refractivity (Wildman–Crippen MR) is 81.1 cm³/mol. The van der Waals surface area contributed by atoms with Gasteiger partial charge >= 0.3 is 0 Å². The molecular weight excluding hydrogens is 310 g/mol. The van der Waals surface area contributed by atoms with Crippen LogP contribution in [0.4, 0.5) is 11.4 Å². The van der Waals surface area contributed by atoms with Crippen LogP contribution in [0, 0.1) is 0 Å². The van der Waals surface area contributed by atoms with Crippen LogP contribution in [-0.4, -0.2) is 7.05 Å². The first-order valence-electron chi connectivity index (χ1n) is 5.96. The van der Waals surface area contributed by atoms with Gasteiger partial charge < -0.3 is 4.90 Å². The van der Waals surface area contributed by atoms with E-state index in [4.69, 9.17) is 11.6 Å². The third-order valence-corrected chi connectivity index (χ3v) is 4.20. The summed E-state index contributed by atoms with van der Waals surface area (Å²) in [5.41, 5.74) is 5.22. The molecule has 0 atom stereocenters. The van der Waals surface area contributed by atoms with Crippen LogP contribution >= 0.6 is 27.5 Å². The van der Waals surface area contributed by atoms with Crippen molar-refractivity contribution in [3.05, 3.63) is 57.0 Å².